The number of carbonyl (C=O) groups excluding carboxylic acids is 2. The van der Waals surface area contributed by atoms with E-state index in [-0.39, 0.29) is 24.7 Å². The fourth-order valence-corrected chi connectivity index (χ4v) is 3.04. The van der Waals surface area contributed by atoms with E-state index < -0.39 is 0 Å². The van der Waals surface area contributed by atoms with Crippen molar-refractivity contribution in [1.29, 1.82) is 0 Å². The molecule has 3 aromatic heterocycles. The lowest BCUT2D eigenvalue weighted by Gasteiger charge is -2.15. The summed E-state index contributed by atoms with van der Waals surface area (Å²) in [6.45, 7) is 5.76. The van der Waals surface area contributed by atoms with E-state index in [1.165, 1.54) is 11.8 Å². The predicted molar refractivity (Wildman–Crippen MR) is 100 cm³/mol. The molecule has 0 atom stereocenters. The molecule has 0 spiro atoms. The number of Topliss-reactive ketones (excluding diaryl/α,β-unsaturated/α-hetero) is 1. The van der Waals surface area contributed by atoms with Crippen LogP contribution in [0, 0.1) is 13.8 Å². The maximum absolute atomic E-state index is 12.5. The molecule has 3 heterocycles. The van der Waals surface area contributed by atoms with Gasteiger partial charge in [0.2, 0.25) is 17.6 Å². The van der Waals surface area contributed by atoms with Gasteiger partial charge < -0.3 is 9.42 Å². The average Bonchev–Trinajstić information content (AvgIpc) is 3.24. The summed E-state index contributed by atoms with van der Waals surface area (Å²) in [5.74, 6) is 0.673. The number of hydrogen-bond donors (Lipinski definition) is 0. The number of ketones is 1. The average molecular weight is 382 g/mol. The van der Waals surface area contributed by atoms with Crippen molar-refractivity contribution in [3.05, 3.63) is 47.4 Å². The van der Waals surface area contributed by atoms with Crippen LogP contribution in [0.4, 0.5) is 0 Å². The van der Waals surface area contributed by atoms with Crippen LogP contribution in [-0.4, -0.2) is 48.5 Å². The molecule has 0 N–H and O–H groups in total. The Morgan fingerprint density at radius 3 is 2.71 bits per heavy atom. The van der Waals surface area contributed by atoms with Crippen molar-refractivity contribution in [2.45, 2.75) is 40.3 Å². The summed E-state index contributed by atoms with van der Waals surface area (Å²) < 4.78 is 6.93. The Hall–Kier alpha value is -3.36. The molecule has 0 aliphatic rings. The Bertz CT molecular complexity index is 993. The highest BCUT2D eigenvalue weighted by atomic mass is 16.5. The Morgan fingerprint density at radius 1 is 1.29 bits per heavy atom. The van der Waals surface area contributed by atoms with E-state index >= 15 is 0 Å². The number of nitrogens with zero attached hydrogens (tertiary/aromatic N) is 6. The van der Waals surface area contributed by atoms with Crippen LogP contribution < -0.4 is 0 Å². The maximum atomic E-state index is 12.5. The molecule has 1 amide bonds. The summed E-state index contributed by atoms with van der Waals surface area (Å²) in [6.07, 6.45) is 3.56. The minimum atomic E-state index is -0.0851. The number of carbonyl (C=O) groups is 2. The van der Waals surface area contributed by atoms with E-state index in [9.17, 15) is 9.59 Å². The van der Waals surface area contributed by atoms with E-state index in [0.717, 1.165) is 11.3 Å². The van der Waals surface area contributed by atoms with Gasteiger partial charge in [-0.2, -0.15) is 10.1 Å². The number of pyridine rings is 1. The second-order valence-electron chi connectivity index (χ2n) is 6.58. The van der Waals surface area contributed by atoms with Gasteiger partial charge in [0.05, 0.1) is 17.8 Å². The number of rotatable bonds is 7. The molecule has 0 radical (unpaired) electrons. The number of aryl methyl sites for hydroxylation is 2. The fraction of sp³-hybridized carbons (Fsp3) is 0.368. The lowest BCUT2D eigenvalue weighted by molar-refractivity contribution is -0.131. The zero-order chi connectivity index (χ0) is 20.3. The topological polar surface area (TPSA) is 107 Å². The van der Waals surface area contributed by atoms with E-state index in [2.05, 4.69) is 20.2 Å². The summed E-state index contributed by atoms with van der Waals surface area (Å²) in [6, 6.07) is 3.62. The molecule has 0 saturated heterocycles. The van der Waals surface area contributed by atoms with Crippen molar-refractivity contribution >= 4 is 11.7 Å². The smallest absolute Gasteiger partial charge is 0.246 e. The Balaban J connectivity index is 1.59. The second kappa shape index (κ2) is 8.12. The predicted octanol–water partition coefficient (Wildman–Crippen LogP) is 2.20. The van der Waals surface area contributed by atoms with Gasteiger partial charge in [-0.15, -0.1) is 0 Å². The van der Waals surface area contributed by atoms with Crippen LogP contribution in [0.3, 0.4) is 0 Å². The molecule has 9 nitrogen and oxygen atoms in total. The second-order valence-corrected chi connectivity index (χ2v) is 6.58. The third kappa shape index (κ3) is 4.13. The zero-order valence-electron chi connectivity index (χ0n) is 16.3. The molecule has 3 aromatic rings. The van der Waals surface area contributed by atoms with Crippen molar-refractivity contribution in [2.24, 2.45) is 0 Å². The molecule has 9 heteroatoms. The largest absolute Gasteiger partial charge is 0.337 e. The highest BCUT2D eigenvalue weighted by Crippen LogP contribution is 2.16. The van der Waals surface area contributed by atoms with Gasteiger partial charge in [-0.05, 0) is 32.9 Å². The molecule has 0 aromatic carbocycles. The quantitative estimate of drug-likeness (QED) is 0.577. The zero-order valence-corrected chi connectivity index (χ0v) is 16.3. The maximum Gasteiger partial charge on any atom is 0.246 e. The van der Waals surface area contributed by atoms with Crippen LogP contribution in [-0.2, 0) is 17.9 Å². The first-order chi connectivity index (χ1) is 13.4. The molecular formula is C19H22N6O3. The molecule has 0 bridgehead atoms. The van der Waals surface area contributed by atoms with E-state index in [0.29, 0.717) is 29.5 Å². The van der Waals surface area contributed by atoms with Gasteiger partial charge in [0, 0.05) is 43.7 Å². The Kier molecular flexibility index (Phi) is 5.62. The van der Waals surface area contributed by atoms with Gasteiger partial charge in [0.25, 0.3) is 0 Å². The van der Waals surface area contributed by atoms with Crippen LogP contribution >= 0.6 is 0 Å². The summed E-state index contributed by atoms with van der Waals surface area (Å²) in [4.78, 5) is 34.0. The molecule has 28 heavy (non-hydrogen) atoms. The SMILES string of the molecule is CC(=O)c1c(C)nn(CCC(=O)N(C)Cc2nc(-c3cccnc3)no2)c1C. The third-order valence-corrected chi connectivity index (χ3v) is 4.46. The standard InChI is InChI=1S/C19H22N6O3/c1-12-18(14(3)26)13(2)25(22-12)9-7-17(27)24(4)11-16-21-19(23-28-16)15-6-5-8-20-10-15/h5-6,8,10H,7,9,11H2,1-4H3. The molecular weight excluding hydrogens is 360 g/mol. The minimum Gasteiger partial charge on any atom is -0.337 e. The van der Waals surface area contributed by atoms with Gasteiger partial charge in [0.1, 0.15) is 0 Å². The molecule has 146 valence electrons. The summed E-state index contributed by atoms with van der Waals surface area (Å²) >= 11 is 0. The first-order valence-electron chi connectivity index (χ1n) is 8.88. The van der Waals surface area contributed by atoms with Gasteiger partial charge in [-0.1, -0.05) is 5.16 Å². The van der Waals surface area contributed by atoms with Crippen LogP contribution in [0.2, 0.25) is 0 Å². The van der Waals surface area contributed by atoms with Gasteiger partial charge in [-0.25, -0.2) is 0 Å². The molecule has 3 rings (SSSR count). The van der Waals surface area contributed by atoms with Crippen molar-refractivity contribution in [1.82, 2.24) is 29.8 Å². The Morgan fingerprint density at radius 2 is 2.07 bits per heavy atom. The molecule has 0 saturated carbocycles. The minimum absolute atomic E-state index is 0.0227. The summed E-state index contributed by atoms with van der Waals surface area (Å²) in [5.41, 5.74) is 2.82. The monoisotopic (exact) mass is 382 g/mol. The van der Waals surface area contributed by atoms with Gasteiger partial charge in [-0.3, -0.25) is 19.3 Å². The first kappa shape index (κ1) is 19.4. The highest BCUT2D eigenvalue weighted by molar-refractivity contribution is 5.96. The molecule has 0 unspecified atom stereocenters. The van der Waals surface area contributed by atoms with E-state index in [1.807, 2.05) is 13.0 Å². The Labute approximate surface area is 162 Å². The van der Waals surface area contributed by atoms with Crippen LogP contribution in [0.1, 0.15) is 41.0 Å². The van der Waals surface area contributed by atoms with Crippen molar-refractivity contribution in [3.8, 4) is 11.4 Å². The third-order valence-electron chi connectivity index (χ3n) is 4.46. The lowest BCUT2D eigenvalue weighted by Crippen LogP contribution is -2.27. The van der Waals surface area contributed by atoms with E-state index in [4.69, 9.17) is 4.52 Å². The highest BCUT2D eigenvalue weighted by Gasteiger charge is 2.18. The van der Waals surface area contributed by atoms with Crippen LogP contribution in [0.5, 0.6) is 0 Å². The molecule has 0 aliphatic heterocycles. The van der Waals surface area contributed by atoms with E-state index in [1.54, 1.807) is 37.1 Å². The summed E-state index contributed by atoms with van der Waals surface area (Å²) in [5, 5.41) is 8.28. The van der Waals surface area contributed by atoms with Gasteiger partial charge in [0.15, 0.2) is 5.78 Å². The van der Waals surface area contributed by atoms with Gasteiger partial charge >= 0.3 is 0 Å². The van der Waals surface area contributed by atoms with Crippen LogP contribution in [0.25, 0.3) is 11.4 Å². The number of amides is 1. The van der Waals surface area contributed by atoms with Crippen molar-refractivity contribution in [2.75, 3.05) is 7.05 Å². The van der Waals surface area contributed by atoms with Crippen molar-refractivity contribution in [3.63, 3.8) is 0 Å². The lowest BCUT2D eigenvalue weighted by atomic mass is 10.1. The fourth-order valence-electron chi connectivity index (χ4n) is 3.04. The normalized spacial score (nSPS) is 10.9. The number of hydrogen-bond acceptors (Lipinski definition) is 7. The molecule has 0 aliphatic carbocycles. The van der Waals surface area contributed by atoms with Crippen LogP contribution in [0.15, 0.2) is 29.0 Å². The molecule has 0 fully saturated rings. The first-order valence-corrected chi connectivity index (χ1v) is 8.88. The summed E-state index contributed by atoms with van der Waals surface area (Å²) in [7, 11) is 1.68. The van der Waals surface area contributed by atoms with Crippen molar-refractivity contribution < 1.29 is 14.1 Å². The number of aromatic nitrogens is 5.